The molecule has 0 fully saturated rings. The molecule has 0 aliphatic rings. The van der Waals surface area contributed by atoms with E-state index < -0.39 is 32.5 Å². The van der Waals surface area contributed by atoms with Gasteiger partial charge in [0.2, 0.25) is 15.9 Å². The van der Waals surface area contributed by atoms with E-state index in [1.54, 1.807) is 24.3 Å². The van der Waals surface area contributed by atoms with Crippen LogP contribution in [0.4, 0.5) is 17.1 Å². The third-order valence-electron chi connectivity index (χ3n) is 5.81. The first-order valence-corrected chi connectivity index (χ1v) is 15.2. The van der Waals surface area contributed by atoms with Gasteiger partial charge in [-0.3, -0.25) is 13.8 Å². The summed E-state index contributed by atoms with van der Waals surface area (Å²) in [5, 5.41) is 2.61. The number of hydrogen-bond acceptors (Lipinski definition) is 7. The third kappa shape index (κ3) is 7.64. The number of rotatable bonds is 10. The number of ether oxygens (including phenoxy) is 2. The van der Waals surface area contributed by atoms with Crippen molar-refractivity contribution in [3.8, 4) is 11.5 Å². The van der Waals surface area contributed by atoms with Gasteiger partial charge in [-0.1, -0.05) is 32.9 Å². The number of carbonyl (C=O) groups excluding carboxylic acids is 1. The lowest BCUT2D eigenvalue weighted by Crippen LogP contribution is -2.37. The van der Waals surface area contributed by atoms with Gasteiger partial charge < -0.3 is 14.8 Å². The van der Waals surface area contributed by atoms with Crippen LogP contribution in [0.15, 0.2) is 71.6 Å². The van der Waals surface area contributed by atoms with Crippen LogP contribution in [-0.4, -0.2) is 49.8 Å². The van der Waals surface area contributed by atoms with Crippen LogP contribution in [0.25, 0.3) is 0 Å². The molecule has 0 radical (unpaired) electrons. The van der Waals surface area contributed by atoms with Gasteiger partial charge in [0, 0.05) is 11.8 Å². The minimum atomic E-state index is -3.99. The quantitative estimate of drug-likeness (QED) is 0.370. The topological polar surface area (TPSA) is 131 Å². The number of methoxy groups -OCH3 is 2. The maximum Gasteiger partial charge on any atom is 0.262 e. The van der Waals surface area contributed by atoms with Crippen molar-refractivity contribution < 1.29 is 31.1 Å². The maximum absolute atomic E-state index is 12.9. The highest BCUT2D eigenvalue weighted by atomic mass is 32.2. The van der Waals surface area contributed by atoms with Gasteiger partial charge in [0.25, 0.3) is 10.0 Å². The average Bonchev–Trinajstić information content (AvgIpc) is 2.86. The SMILES string of the molecule is COc1ccc(OC)c(NS(=O)(=O)c2ccc(NC(=O)CN(c3ccc(C(C)(C)C)cc3)S(C)(=O)=O)cc2)c1. The van der Waals surface area contributed by atoms with Crippen molar-refractivity contribution in [1.29, 1.82) is 0 Å². The van der Waals surface area contributed by atoms with Gasteiger partial charge in [0.1, 0.15) is 18.0 Å². The van der Waals surface area contributed by atoms with E-state index in [9.17, 15) is 21.6 Å². The molecule has 0 aliphatic carbocycles. The molecular formula is C27H33N3O7S2. The zero-order chi connectivity index (χ0) is 29.0. The lowest BCUT2D eigenvalue weighted by Gasteiger charge is -2.24. The van der Waals surface area contributed by atoms with E-state index >= 15 is 0 Å². The Hall–Kier alpha value is -3.77. The standard InChI is InChI=1S/C27H33N3O7S2/c1-27(2,3)19-7-11-21(12-8-19)30(38(6,32)33)18-26(31)28-20-9-14-23(15-10-20)39(34,35)29-24-17-22(36-4)13-16-25(24)37-5/h7-17,29H,18H2,1-6H3,(H,28,31). The predicted octanol–water partition coefficient (Wildman–Crippen LogP) is 4.21. The van der Waals surface area contributed by atoms with E-state index in [0.717, 1.165) is 16.1 Å². The summed E-state index contributed by atoms with van der Waals surface area (Å²) < 4.78 is 64.6. The molecule has 0 saturated carbocycles. The number of anilines is 3. The van der Waals surface area contributed by atoms with Gasteiger partial charge in [0.15, 0.2) is 0 Å². The van der Waals surface area contributed by atoms with Crippen LogP contribution in [0, 0.1) is 0 Å². The molecule has 10 nitrogen and oxygen atoms in total. The molecule has 0 heterocycles. The summed E-state index contributed by atoms with van der Waals surface area (Å²) in [6.45, 7) is 5.69. The summed E-state index contributed by atoms with van der Waals surface area (Å²) in [7, 11) is -4.86. The predicted molar refractivity (Wildman–Crippen MR) is 153 cm³/mol. The van der Waals surface area contributed by atoms with Crippen molar-refractivity contribution in [3.05, 3.63) is 72.3 Å². The van der Waals surface area contributed by atoms with Gasteiger partial charge in [0.05, 0.1) is 36.7 Å². The fourth-order valence-electron chi connectivity index (χ4n) is 3.67. The normalized spacial score (nSPS) is 11.9. The van der Waals surface area contributed by atoms with Gasteiger partial charge in [-0.2, -0.15) is 0 Å². The molecule has 0 atom stereocenters. The Bertz CT molecular complexity index is 1530. The van der Waals surface area contributed by atoms with Crippen molar-refractivity contribution in [2.45, 2.75) is 31.1 Å². The Labute approximate surface area is 230 Å². The summed E-state index contributed by atoms with van der Waals surface area (Å²) in [5.41, 5.74) is 1.78. The number of hydrogen-bond donors (Lipinski definition) is 2. The maximum atomic E-state index is 12.9. The molecule has 0 bridgehead atoms. The monoisotopic (exact) mass is 575 g/mol. The van der Waals surface area contributed by atoms with Gasteiger partial charge in [-0.05, 0) is 59.5 Å². The van der Waals surface area contributed by atoms with E-state index in [-0.39, 0.29) is 16.0 Å². The highest BCUT2D eigenvalue weighted by Crippen LogP contribution is 2.31. The van der Waals surface area contributed by atoms with Crippen molar-refractivity contribution in [3.63, 3.8) is 0 Å². The van der Waals surface area contributed by atoms with Crippen LogP contribution in [0.3, 0.4) is 0 Å². The summed E-state index contributed by atoms with van der Waals surface area (Å²) in [4.78, 5) is 12.7. The number of nitrogens with one attached hydrogen (secondary N) is 2. The van der Waals surface area contributed by atoms with Gasteiger partial charge in [-0.25, -0.2) is 16.8 Å². The Morgan fingerprint density at radius 1 is 0.872 bits per heavy atom. The van der Waals surface area contributed by atoms with Crippen molar-refractivity contribution in [2.75, 3.05) is 41.4 Å². The number of amides is 1. The highest BCUT2D eigenvalue weighted by molar-refractivity contribution is 7.92. The molecule has 0 aromatic heterocycles. The van der Waals surface area contributed by atoms with Crippen molar-refractivity contribution >= 4 is 43.0 Å². The Morgan fingerprint density at radius 3 is 2.00 bits per heavy atom. The molecule has 3 aromatic rings. The summed E-state index contributed by atoms with van der Waals surface area (Å²) >= 11 is 0. The smallest absolute Gasteiger partial charge is 0.262 e. The second-order valence-electron chi connectivity index (χ2n) is 9.81. The molecule has 0 saturated heterocycles. The fraction of sp³-hybridized carbons (Fsp3) is 0.296. The minimum Gasteiger partial charge on any atom is -0.497 e. The van der Waals surface area contributed by atoms with E-state index in [1.165, 1.54) is 44.6 Å². The largest absolute Gasteiger partial charge is 0.497 e. The third-order valence-corrected chi connectivity index (χ3v) is 8.33. The molecule has 1 amide bonds. The number of carbonyl (C=O) groups is 1. The molecule has 0 unspecified atom stereocenters. The molecule has 0 aliphatic heterocycles. The number of benzene rings is 3. The van der Waals surface area contributed by atoms with Gasteiger partial charge >= 0.3 is 0 Å². The van der Waals surface area contributed by atoms with E-state index in [1.807, 2.05) is 32.9 Å². The number of sulfonamides is 2. The first-order chi connectivity index (χ1) is 18.1. The molecule has 2 N–H and O–H groups in total. The molecule has 3 aromatic carbocycles. The molecule has 3 rings (SSSR count). The molecular weight excluding hydrogens is 542 g/mol. The molecule has 39 heavy (non-hydrogen) atoms. The van der Waals surface area contributed by atoms with Crippen LogP contribution in [-0.2, 0) is 30.3 Å². The summed E-state index contributed by atoms with van der Waals surface area (Å²) in [6, 6.07) is 17.2. The van der Waals surface area contributed by atoms with E-state index in [0.29, 0.717) is 22.9 Å². The van der Waals surface area contributed by atoms with Crippen LogP contribution in [0.5, 0.6) is 11.5 Å². The second-order valence-corrected chi connectivity index (χ2v) is 13.4. The number of nitrogens with zero attached hydrogens (tertiary/aromatic N) is 1. The van der Waals surface area contributed by atoms with Crippen LogP contribution in [0.1, 0.15) is 26.3 Å². The Morgan fingerprint density at radius 2 is 1.49 bits per heavy atom. The lowest BCUT2D eigenvalue weighted by atomic mass is 9.87. The highest BCUT2D eigenvalue weighted by Gasteiger charge is 2.23. The Balaban J connectivity index is 1.74. The first kappa shape index (κ1) is 29.8. The lowest BCUT2D eigenvalue weighted by molar-refractivity contribution is -0.114. The van der Waals surface area contributed by atoms with Crippen molar-refractivity contribution in [2.24, 2.45) is 0 Å². The summed E-state index contributed by atoms with van der Waals surface area (Å²) in [6.07, 6.45) is 1.03. The average molecular weight is 576 g/mol. The zero-order valence-corrected chi connectivity index (χ0v) is 24.3. The van der Waals surface area contributed by atoms with Crippen LogP contribution in [0.2, 0.25) is 0 Å². The van der Waals surface area contributed by atoms with Crippen LogP contribution < -0.4 is 23.8 Å². The zero-order valence-electron chi connectivity index (χ0n) is 22.7. The second kappa shape index (κ2) is 11.5. The minimum absolute atomic E-state index is 0.0536. The van der Waals surface area contributed by atoms with E-state index in [2.05, 4.69) is 10.0 Å². The first-order valence-electron chi connectivity index (χ1n) is 11.9. The van der Waals surface area contributed by atoms with Crippen LogP contribution >= 0.6 is 0 Å². The van der Waals surface area contributed by atoms with Gasteiger partial charge in [-0.15, -0.1) is 0 Å². The molecule has 0 spiro atoms. The molecule has 12 heteroatoms. The Kier molecular flexibility index (Phi) is 8.81. The van der Waals surface area contributed by atoms with Crippen molar-refractivity contribution in [1.82, 2.24) is 0 Å². The molecule has 210 valence electrons. The van der Waals surface area contributed by atoms with E-state index in [4.69, 9.17) is 9.47 Å². The summed E-state index contributed by atoms with van der Waals surface area (Å²) in [5.74, 6) is 0.168. The fourth-order valence-corrected chi connectivity index (χ4v) is 5.59.